The molecule has 0 bridgehead atoms. The van der Waals surface area contributed by atoms with Crippen molar-refractivity contribution >= 4 is 27.6 Å². The van der Waals surface area contributed by atoms with Gasteiger partial charge >= 0.3 is 5.97 Å². The highest BCUT2D eigenvalue weighted by atomic mass is 35.5. The van der Waals surface area contributed by atoms with Crippen LogP contribution in [-0.2, 0) is 33.2 Å². The minimum atomic E-state index is -3.70. The van der Waals surface area contributed by atoms with Crippen LogP contribution in [-0.4, -0.2) is 41.3 Å². The molecular formula is C18H21ClFN3O4S. The summed E-state index contributed by atoms with van der Waals surface area (Å²) in [5, 5.41) is 0.196. The molecular weight excluding hydrogens is 409 g/mol. The summed E-state index contributed by atoms with van der Waals surface area (Å²) in [5.74, 6) is -0.858. The fourth-order valence-corrected chi connectivity index (χ4v) is 4.76. The van der Waals surface area contributed by atoms with Gasteiger partial charge in [-0.2, -0.15) is 4.31 Å². The van der Waals surface area contributed by atoms with Crippen LogP contribution >= 0.6 is 11.6 Å². The van der Waals surface area contributed by atoms with Gasteiger partial charge in [-0.1, -0.05) is 17.7 Å². The SMILES string of the molecule is Cc1nc(S(=O)(=O)N2CCC(C(=O)OCc3c(F)cccc3Cl)CC2)cn1C. The van der Waals surface area contributed by atoms with Crippen LogP contribution in [0.25, 0.3) is 0 Å². The van der Waals surface area contributed by atoms with E-state index in [-0.39, 0.29) is 35.3 Å². The number of nitrogens with zero attached hydrogens (tertiary/aromatic N) is 3. The number of piperidine rings is 1. The third kappa shape index (κ3) is 4.21. The summed E-state index contributed by atoms with van der Waals surface area (Å²) < 4.78 is 47.3. The van der Waals surface area contributed by atoms with E-state index in [2.05, 4.69) is 4.98 Å². The van der Waals surface area contributed by atoms with E-state index in [0.29, 0.717) is 18.7 Å². The van der Waals surface area contributed by atoms with Gasteiger partial charge < -0.3 is 9.30 Å². The molecule has 1 saturated heterocycles. The molecule has 1 aromatic heterocycles. The highest BCUT2D eigenvalue weighted by Crippen LogP contribution is 2.25. The predicted octanol–water partition coefficient (Wildman–Crippen LogP) is 2.67. The Hall–Kier alpha value is -1.97. The van der Waals surface area contributed by atoms with Crippen molar-refractivity contribution in [3.63, 3.8) is 0 Å². The van der Waals surface area contributed by atoms with Crippen molar-refractivity contribution in [2.45, 2.75) is 31.4 Å². The molecule has 0 N–H and O–H groups in total. The van der Waals surface area contributed by atoms with Crippen LogP contribution in [0.3, 0.4) is 0 Å². The lowest BCUT2D eigenvalue weighted by Crippen LogP contribution is -2.40. The number of benzene rings is 1. The van der Waals surface area contributed by atoms with E-state index in [0.717, 1.165) is 0 Å². The van der Waals surface area contributed by atoms with E-state index < -0.39 is 27.7 Å². The number of esters is 1. The fourth-order valence-electron chi connectivity index (χ4n) is 3.05. The summed E-state index contributed by atoms with van der Waals surface area (Å²) in [6, 6.07) is 4.25. The van der Waals surface area contributed by atoms with E-state index in [9.17, 15) is 17.6 Å². The Kier molecular flexibility index (Phi) is 6.07. The second-order valence-corrected chi connectivity index (χ2v) is 9.02. The first-order chi connectivity index (χ1) is 13.2. The first-order valence-corrected chi connectivity index (χ1v) is 10.6. The zero-order valence-corrected chi connectivity index (χ0v) is 17.1. The van der Waals surface area contributed by atoms with E-state index >= 15 is 0 Å². The molecule has 0 amide bonds. The maximum atomic E-state index is 13.8. The van der Waals surface area contributed by atoms with Gasteiger partial charge in [-0.15, -0.1) is 0 Å². The number of imidazole rings is 1. The number of carbonyl (C=O) groups is 1. The first kappa shape index (κ1) is 20.8. The smallest absolute Gasteiger partial charge is 0.309 e. The maximum absolute atomic E-state index is 13.8. The molecule has 7 nitrogen and oxygen atoms in total. The topological polar surface area (TPSA) is 81.5 Å². The lowest BCUT2D eigenvalue weighted by Gasteiger charge is -2.29. The molecule has 2 heterocycles. The minimum Gasteiger partial charge on any atom is -0.460 e. The Morgan fingerprint density at radius 3 is 2.61 bits per heavy atom. The molecule has 3 rings (SSSR count). The Balaban J connectivity index is 1.58. The summed E-state index contributed by atoms with van der Waals surface area (Å²) >= 11 is 5.93. The number of rotatable bonds is 5. The Labute approximate surface area is 168 Å². The molecule has 0 spiro atoms. The van der Waals surface area contributed by atoms with Gasteiger partial charge in [0.25, 0.3) is 10.0 Å². The number of halogens is 2. The second kappa shape index (κ2) is 8.18. The molecule has 0 radical (unpaired) electrons. The number of carbonyl (C=O) groups excluding carboxylic acids is 1. The predicted molar refractivity (Wildman–Crippen MR) is 101 cm³/mol. The third-order valence-electron chi connectivity index (χ3n) is 4.90. The number of ether oxygens (including phenoxy) is 1. The standard InChI is InChI=1S/C18H21ClFN3O4S/c1-12-21-17(10-22(12)2)28(25,26)23-8-6-13(7-9-23)18(24)27-11-14-15(19)4-3-5-16(14)20/h3-5,10,13H,6-9,11H2,1-2H3. The van der Waals surface area contributed by atoms with Crippen LogP contribution in [0.2, 0.25) is 5.02 Å². The lowest BCUT2D eigenvalue weighted by molar-refractivity contribution is -0.151. The van der Waals surface area contributed by atoms with E-state index in [1.165, 1.54) is 28.7 Å². The molecule has 1 aliphatic heterocycles. The van der Waals surface area contributed by atoms with Crippen molar-refractivity contribution in [3.8, 4) is 0 Å². The largest absolute Gasteiger partial charge is 0.460 e. The molecule has 0 unspecified atom stereocenters. The number of sulfonamides is 1. The monoisotopic (exact) mass is 429 g/mol. The maximum Gasteiger partial charge on any atom is 0.309 e. The average molecular weight is 430 g/mol. The number of hydrogen-bond acceptors (Lipinski definition) is 5. The van der Waals surface area contributed by atoms with Crippen molar-refractivity contribution in [1.82, 2.24) is 13.9 Å². The van der Waals surface area contributed by atoms with Crippen LogP contribution in [0.15, 0.2) is 29.4 Å². The van der Waals surface area contributed by atoms with Gasteiger partial charge in [0, 0.05) is 31.9 Å². The molecule has 1 fully saturated rings. The Morgan fingerprint density at radius 1 is 1.36 bits per heavy atom. The van der Waals surface area contributed by atoms with Gasteiger partial charge in [0.15, 0.2) is 5.03 Å². The van der Waals surface area contributed by atoms with Crippen molar-refractivity contribution < 1.29 is 22.3 Å². The molecule has 28 heavy (non-hydrogen) atoms. The molecule has 10 heteroatoms. The molecule has 0 saturated carbocycles. The van der Waals surface area contributed by atoms with Crippen molar-refractivity contribution in [2.75, 3.05) is 13.1 Å². The number of hydrogen-bond donors (Lipinski definition) is 0. The zero-order valence-electron chi connectivity index (χ0n) is 15.6. The van der Waals surface area contributed by atoms with Crippen LogP contribution in [0, 0.1) is 18.7 Å². The molecule has 152 valence electrons. The van der Waals surface area contributed by atoms with Crippen LogP contribution in [0.4, 0.5) is 4.39 Å². The van der Waals surface area contributed by atoms with Gasteiger partial charge in [-0.05, 0) is 31.9 Å². The summed E-state index contributed by atoms with van der Waals surface area (Å²) in [7, 11) is -1.97. The van der Waals surface area contributed by atoms with Gasteiger partial charge in [-0.3, -0.25) is 4.79 Å². The van der Waals surface area contributed by atoms with Crippen molar-refractivity contribution in [2.24, 2.45) is 13.0 Å². The van der Waals surface area contributed by atoms with Crippen molar-refractivity contribution in [1.29, 1.82) is 0 Å². The average Bonchev–Trinajstić information content (AvgIpc) is 3.01. The number of aromatic nitrogens is 2. The summed E-state index contributed by atoms with van der Waals surface area (Å²) in [6.07, 6.45) is 2.13. The Bertz CT molecular complexity index is 945. The normalized spacial score (nSPS) is 16.3. The van der Waals surface area contributed by atoms with Crippen LogP contribution < -0.4 is 0 Å². The molecule has 1 aliphatic rings. The minimum absolute atomic E-state index is 0.00252. The molecule has 0 atom stereocenters. The number of aryl methyl sites for hydroxylation is 2. The lowest BCUT2D eigenvalue weighted by atomic mass is 9.98. The van der Waals surface area contributed by atoms with Crippen molar-refractivity contribution in [3.05, 3.63) is 46.6 Å². The highest BCUT2D eigenvalue weighted by molar-refractivity contribution is 7.89. The van der Waals surface area contributed by atoms with Gasteiger partial charge in [0.05, 0.1) is 10.9 Å². The second-order valence-electron chi connectivity index (χ2n) is 6.72. The Morgan fingerprint density at radius 2 is 2.04 bits per heavy atom. The van der Waals surface area contributed by atoms with E-state index in [1.54, 1.807) is 18.5 Å². The zero-order chi connectivity index (χ0) is 20.5. The fraction of sp³-hybridized carbons (Fsp3) is 0.444. The quantitative estimate of drug-likeness (QED) is 0.682. The summed E-state index contributed by atoms with van der Waals surface area (Å²) in [4.78, 5) is 16.4. The third-order valence-corrected chi connectivity index (χ3v) is 7.02. The van der Waals surface area contributed by atoms with E-state index in [4.69, 9.17) is 16.3 Å². The van der Waals surface area contributed by atoms with E-state index in [1.807, 2.05) is 0 Å². The molecule has 2 aromatic rings. The van der Waals surface area contributed by atoms with Crippen LogP contribution in [0.5, 0.6) is 0 Å². The molecule has 0 aliphatic carbocycles. The molecule has 1 aromatic carbocycles. The van der Waals surface area contributed by atoms with Crippen LogP contribution in [0.1, 0.15) is 24.2 Å². The summed E-state index contributed by atoms with van der Waals surface area (Å²) in [6.45, 7) is 1.86. The summed E-state index contributed by atoms with van der Waals surface area (Å²) in [5.41, 5.74) is 0.128. The highest BCUT2D eigenvalue weighted by Gasteiger charge is 2.34. The van der Waals surface area contributed by atoms with Gasteiger partial charge in [0.2, 0.25) is 0 Å². The van der Waals surface area contributed by atoms with Gasteiger partial charge in [-0.25, -0.2) is 17.8 Å². The first-order valence-electron chi connectivity index (χ1n) is 8.80. The van der Waals surface area contributed by atoms with Gasteiger partial charge in [0.1, 0.15) is 18.2 Å².